The number of anilines is 1. The van der Waals surface area contributed by atoms with Gasteiger partial charge in [0.15, 0.2) is 0 Å². The highest BCUT2D eigenvalue weighted by Gasteiger charge is 2.15. The van der Waals surface area contributed by atoms with E-state index in [9.17, 15) is 9.59 Å². The highest BCUT2D eigenvalue weighted by Crippen LogP contribution is 2.31. The number of benzene rings is 2. The minimum absolute atomic E-state index is 0.388. The van der Waals surface area contributed by atoms with Crippen LogP contribution >= 0.6 is 11.3 Å². The Labute approximate surface area is 155 Å². The lowest BCUT2D eigenvalue weighted by molar-refractivity contribution is -0.120. The van der Waals surface area contributed by atoms with E-state index < -0.39 is 12.1 Å². The summed E-state index contributed by atoms with van der Waals surface area (Å²) in [6.45, 7) is 3.96. The van der Waals surface area contributed by atoms with Gasteiger partial charge in [0.25, 0.3) is 0 Å². The second-order valence-corrected chi connectivity index (χ2v) is 6.81. The van der Waals surface area contributed by atoms with Crippen molar-refractivity contribution in [2.75, 3.05) is 11.9 Å². The fourth-order valence-electron chi connectivity index (χ4n) is 2.48. The highest BCUT2D eigenvalue weighted by atomic mass is 32.1. The molecule has 2 aromatic carbocycles. The fraction of sp³-hybridized carbons (Fsp3) is 0.211. The number of hydrogen-bond donors (Lipinski definition) is 3. The topological polar surface area (TPSA) is 83.1 Å². The Morgan fingerprint density at radius 2 is 1.96 bits per heavy atom. The number of aromatic nitrogens is 1. The Bertz CT molecular complexity index is 905. The van der Waals surface area contributed by atoms with Crippen molar-refractivity contribution < 1.29 is 9.59 Å². The molecule has 3 amide bonds. The van der Waals surface area contributed by atoms with E-state index in [-0.39, 0.29) is 5.91 Å². The lowest BCUT2D eigenvalue weighted by Crippen LogP contribution is -2.45. The zero-order chi connectivity index (χ0) is 18.5. The van der Waals surface area contributed by atoms with Gasteiger partial charge in [0.2, 0.25) is 5.91 Å². The van der Waals surface area contributed by atoms with Gasteiger partial charge in [-0.15, -0.1) is 11.3 Å². The normalized spacial score (nSPS) is 11.8. The monoisotopic (exact) mass is 368 g/mol. The first-order valence-electron chi connectivity index (χ1n) is 8.38. The molecule has 3 N–H and O–H groups in total. The van der Waals surface area contributed by atoms with Gasteiger partial charge in [-0.25, -0.2) is 9.78 Å². The smallest absolute Gasteiger partial charge is 0.321 e. The minimum atomic E-state index is -0.553. The second-order valence-electron chi connectivity index (χ2n) is 5.78. The molecule has 3 rings (SSSR count). The van der Waals surface area contributed by atoms with Crippen molar-refractivity contribution in [1.29, 1.82) is 0 Å². The SMILES string of the molecule is CCNC(=O)NC(=O)[C@H](C)Nc1cccc(-c2nc3ccccc3s2)c1. The summed E-state index contributed by atoms with van der Waals surface area (Å²) < 4.78 is 1.13. The first-order chi connectivity index (χ1) is 12.6. The molecule has 1 atom stereocenters. The average Bonchev–Trinajstić information content (AvgIpc) is 3.06. The molecule has 0 saturated carbocycles. The van der Waals surface area contributed by atoms with Crippen LogP contribution in [0.15, 0.2) is 48.5 Å². The predicted octanol–water partition coefficient (Wildman–Crippen LogP) is 3.61. The van der Waals surface area contributed by atoms with Crippen LogP contribution in [0.5, 0.6) is 0 Å². The molecule has 0 unspecified atom stereocenters. The number of fused-ring (bicyclic) bond motifs is 1. The zero-order valence-corrected chi connectivity index (χ0v) is 15.4. The summed E-state index contributed by atoms with van der Waals surface area (Å²) in [6, 6.07) is 14.7. The quantitative estimate of drug-likeness (QED) is 0.642. The van der Waals surface area contributed by atoms with Gasteiger partial charge in [0.1, 0.15) is 11.0 Å². The second kappa shape index (κ2) is 7.97. The highest BCUT2D eigenvalue weighted by molar-refractivity contribution is 7.21. The Hall–Kier alpha value is -2.93. The molecule has 1 heterocycles. The summed E-state index contributed by atoms with van der Waals surface area (Å²) >= 11 is 1.63. The molecule has 0 saturated heterocycles. The lowest BCUT2D eigenvalue weighted by atomic mass is 10.2. The average molecular weight is 368 g/mol. The van der Waals surface area contributed by atoms with Gasteiger partial charge in [-0.2, -0.15) is 0 Å². The molecule has 0 spiro atoms. The predicted molar refractivity (Wildman–Crippen MR) is 105 cm³/mol. The maximum atomic E-state index is 12.1. The number of para-hydroxylation sites is 1. The summed E-state index contributed by atoms with van der Waals surface area (Å²) in [6.07, 6.45) is 0. The van der Waals surface area contributed by atoms with E-state index >= 15 is 0 Å². The van der Waals surface area contributed by atoms with Crippen LogP contribution in [-0.4, -0.2) is 29.5 Å². The fourth-order valence-corrected chi connectivity index (χ4v) is 3.44. The summed E-state index contributed by atoms with van der Waals surface area (Å²) in [5.74, 6) is -0.388. The summed E-state index contributed by atoms with van der Waals surface area (Å²) in [5, 5.41) is 8.88. The molecule has 0 aliphatic carbocycles. The number of carbonyl (C=O) groups excluding carboxylic acids is 2. The summed E-state index contributed by atoms with van der Waals surface area (Å²) in [7, 11) is 0. The number of thiazole rings is 1. The van der Waals surface area contributed by atoms with Crippen LogP contribution in [0.1, 0.15) is 13.8 Å². The maximum Gasteiger partial charge on any atom is 0.321 e. The van der Waals surface area contributed by atoms with Crippen LogP contribution in [0.3, 0.4) is 0 Å². The molecule has 3 aromatic rings. The third kappa shape index (κ3) is 4.18. The number of imide groups is 1. The van der Waals surface area contributed by atoms with E-state index in [2.05, 4.69) is 20.9 Å². The number of nitrogens with one attached hydrogen (secondary N) is 3. The van der Waals surface area contributed by atoms with Crippen molar-refractivity contribution in [3.05, 3.63) is 48.5 Å². The molecule has 7 heteroatoms. The van der Waals surface area contributed by atoms with Crippen molar-refractivity contribution in [3.63, 3.8) is 0 Å². The maximum absolute atomic E-state index is 12.1. The van der Waals surface area contributed by atoms with Crippen LogP contribution in [0.25, 0.3) is 20.8 Å². The van der Waals surface area contributed by atoms with E-state index in [1.165, 1.54) is 0 Å². The Kier molecular flexibility index (Phi) is 5.48. The van der Waals surface area contributed by atoms with Gasteiger partial charge in [-0.05, 0) is 38.1 Å². The van der Waals surface area contributed by atoms with Crippen molar-refractivity contribution in [3.8, 4) is 10.6 Å². The lowest BCUT2D eigenvalue weighted by Gasteiger charge is -2.15. The van der Waals surface area contributed by atoms with E-state index in [0.717, 1.165) is 26.5 Å². The number of nitrogens with zero attached hydrogens (tertiary/aromatic N) is 1. The molecule has 1 aromatic heterocycles. The molecule has 6 nitrogen and oxygen atoms in total. The minimum Gasteiger partial charge on any atom is -0.374 e. The van der Waals surface area contributed by atoms with Gasteiger partial charge >= 0.3 is 6.03 Å². The zero-order valence-electron chi connectivity index (χ0n) is 14.6. The van der Waals surface area contributed by atoms with Gasteiger partial charge in [-0.1, -0.05) is 24.3 Å². The molecule has 0 fully saturated rings. The van der Waals surface area contributed by atoms with Crippen molar-refractivity contribution in [1.82, 2.24) is 15.6 Å². The van der Waals surface area contributed by atoms with Crippen molar-refractivity contribution >= 4 is 39.2 Å². The first-order valence-corrected chi connectivity index (χ1v) is 9.19. The van der Waals surface area contributed by atoms with Crippen LogP contribution in [-0.2, 0) is 4.79 Å². The molecule has 0 aliphatic heterocycles. The van der Waals surface area contributed by atoms with Crippen LogP contribution in [0.4, 0.5) is 10.5 Å². The molecule has 26 heavy (non-hydrogen) atoms. The van der Waals surface area contributed by atoms with E-state index in [4.69, 9.17) is 0 Å². The number of amides is 3. The van der Waals surface area contributed by atoms with Crippen molar-refractivity contribution in [2.45, 2.75) is 19.9 Å². The van der Waals surface area contributed by atoms with E-state index in [0.29, 0.717) is 6.54 Å². The number of hydrogen-bond acceptors (Lipinski definition) is 5. The Morgan fingerprint density at radius 3 is 2.73 bits per heavy atom. The number of rotatable bonds is 5. The Morgan fingerprint density at radius 1 is 1.15 bits per heavy atom. The number of carbonyl (C=O) groups is 2. The largest absolute Gasteiger partial charge is 0.374 e. The molecule has 0 radical (unpaired) electrons. The van der Waals surface area contributed by atoms with Crippen LogP contribution < -0.4 is 16.0 Å². The van der Waals surface area contributed by atoms with Gasteiger partial charge < -0.3 is 10.6 Å². The molecule has 0 aliphatic rings. The van der Waals surface area contributed by atoms with E-state index in [1.54, 1.807) is 25.2 Å². The number of urea groups is 1. The van der Waals surface area contributed by atoms with Crippen LogP contribution in [0, 0.1) is 0 Å². The standard InChI is InChI=1S/C19H20N4O2S/c1-3-20-19(25)23-17(24)12(2)21-14-8-6-7-13(11-14)18-22-15-9-4-5-10-16(15)26-18/h4-12,21H,3H2,1-2H3,(H2,20,23,24,25)/t12-/m0/s1. The van der Waals surface area contributed by atoms with Crippen LogP contribution in [0.2, 0.25) is 0 Å². The van der Waals surface area contributed by atoms with Gasteiger partial charge in [0.05, 0.1) is 10.2 Å². The molecule has 134 valence electrons. The third-order valence-corrected chi connectivity index (χ3v) is 4.84. The first kappa shape index (κ1) is 17.9. The van der Waals surface area contributed by atoms with Crippen molar-refractivity contribution in [2.24, 2.45) is 0 Å². The third-order valence-electron chi connectivity index (χ3n) is 3.75. The summed E-state index contributed by atoms with van der Waals surface area (Å²) in [5.41, 5.74) is 2.74. The Balaban J connectivity index is 1.72. The summed E-state index contributed by atoms with van der Waals surface area (Å²) in [4.78, 5) is 28.2. The van der Waals surface area contributed by atoms with Gasteiger partial charge in [-0.3, -0.25) is 10.1 Å². The van der Waals surface area contributed by atoms with Gasteiger partial charge in [0, 0.05) is 17.8 Å². The molecular weight excluding hydrogens is 348 g/mol. The van der Waals surface area contributed by atoms with E-state index in [1.807, 2.05) is 48.5 Å². The molecule has 0 bridgehead atoms. The molecular formula is C19H20N4O2S.